The first-order valence-electron chi connectivity index (χ1n) is 11.4. The average molecular weight is 463 g/mol. The number of aryl methyl sites for hydroxylation is 2. The van der Waals surface area contributed by atoms with Crippen molar-refractivity contribution >= 4 is 23.3 Å². The molecule has 1 saturated heterocycles. The smallest absolute Gasteiger partial charge is 0.325 e. The van der Waals surface area contributed by atoms with Crippen LogP contribution in [0.1, 0.15) is 54.1 Å². The summed E-state index contributed by atoms with van der Waals surface area (Å²) in [6.07, 6.45) is 2.79. The molecule has 3 aromatic rings. The summed E-state index contributed by atoms with van der Waals surface area (Å²) in [5.41, 5.74) is 6.66. The van der Waals surface area contributed by atoms with Crippen LogP contribution in [0.25, 0.3) is 5.69 Å². The van der Waals surface area contributed by atoms with E-state index in [2.05, 4.69) is 66.0 Å². The molecule has 4 rings (SSSR count). The molecule has 0 unspecified atom stereocenters. The van der Waals surface area contributed by atoms with Crippen molar-refractivity contribution in [3.05, 3.63) is 82.9 Å². The lowest BCUT2D eigenvalue weighted by Gasteiger charge is -2.27. The maximum absolute atomic E-state index is 12.4. The summed E-state index contributed by atoms with van der Waals surface area (Å²) in [6.45, 7) is 8.62. The Morgan fingerprint density at radius 3 is 2.55 bits per heavy atom. The Hall–Kier alpha value is -3.19. The molecule has 172 valence electrons. The van der Waals surface area contributed by atoms with E-state index in [1.165, 1.54) is 5.56 Å². The zero-order valence-corrected chi connectivity index (χ0v) is 20.4. The highest BCUT2D eigenvalue weighted by Crippen LogP contribution is 2.41. The van der Waals surface area contributed by atoms with Crippen LogP contribution in [0.4, 0.5) is 0 Å². The van der Waals surface area contributed by atoms with Gasteiger partial charge in [-0.05, 0) is 80.9 Å². The Morgan fingerprint density at radius 2 is 1.91 bits per heavy atom. The molecular weight excluding hydrogens is 432 g/mol. The highest BCUT2D eigenvalue weighted by molar-refractivity contribution is 7.80. The number of benzene rings is 1. The van der Waals surface area contributed by atoms with Crippen LogP contribution < -0.4 is 5.32 Å². The van der Waals surface area contributed by atoms with E-state index in [9.17, 15) is 4.79 Å². The molecule has 7 heteroatoms. The number of ether oxygens (including phenoxy) is 1. The zero-order chi connectivity index (χ0) is 23.5. The highest BCUT2D eigenvalue weighted by atomic mass is 32.1. The molecule has 2 aromatic heterocycles. The second kappa shape index (κ2) is 9.75. The van der Waals surface area contributed by atoms with Crippen molar-refractivity contribution in [1.29, 1.82) is 0 Å². The van der Waals surface area contributed by atoms with Crippen molar-refractivity contribution in [3.63, 3.8) is 0 Å². The summed E-state index contributed by atoms with van der Waals surface area (Å²) in [5.74, 6) is -0.294. The Labute approximate surface area is 200 Å². The molecule has 1 fully saturated rings. The summed E-state index contributed by atoms with van der Waals surface area (Å²) < 4.78 is 7.50. The molecule has 6 nitrogen and oxygen atoms in total. The van der Waals surface area contributed by atoms with Crippen LogP contribution in [0.2, 0.25) is 0 Å². The summed E-state index contributed by atoms with van der Waals surface area (Å²) >= 11 is 5.67. The second-order valence-corrected chi connectivity index (χ2v) is 8.63. The van der Waals surface area contributed by atoms with E-state index in [4.69, 9.17) is 17.0 Å². The summed E-state index contributed by atoms with van der Waals surface area (Å²) in [5, 5.41) is 3.93. The van der Waals surface area contributed by atoms with Gasteiger partial charge in [0.05, 0.1) is 24.4 Å². The van der Waals surface area contributed by atoms with Gasteiger partial charge in [0.15, 0.2) is 5.11 Å². The first-order chi connectivity index (χ1) is 15.9. The molecule has 0 spiro atoms. The van der Waals surface area contributed by atoms with Gasteiger partial charge in [0.25, 0.3) is 0 Å². The van der Waals surface area contributed by atoms with Gasteiger partial charge in [0, 0.05) is 23.3 Å². The van der Waals surface area contributed by atoms with E-state index in [1.807, 2.05) is 30.0 Å². The second-order valence-electron chi connectivity index (χ2n) is 8.24. The predicted octanol–water partition coefficient (Wildman–Crippen LogP) is 4.59. The third-order valence-electron chi connectivity index (χ3n) is 6.19. The predicted molar refractivity (Wildman–Crippen MR) is 133 cm³/mol. The number of esters is 1. The quantitative estimate of drug-likeness (QED) is 0.410. The molecule has 1 N–H and O–H groups in total. The molecule has 0 saturated carbocycles. The minimum atomic E-state index is -0.294. The Balaban J connectivity index is 1.79. The van der Waals surface area contributed by atoms with Gasteiger partial charge in [0.2, 0.25) is 0 Å². The van der Waals surface area contributed by atoms with Gasteiger partial charge in [-0.2, -0.15) is 0 Å². The lowest BCUT2D eigenvalue weighted by Crippen LogP contribution is -2.35. The van der Waals surface area contributed by atoms with E-state index < -0.39 is 0 Å². The van der Waals surface area contributed by atoms with Gasteiger partial charge in [-0.25, -0.2) is 0 Å². The molecule has 1 aliphatic heterocycles. The fraction of sp³-hybridized carbons (Fsp3) is 0.346. The van der Waals surface area contributed by atoms with Crippen molar-refractivity contribution in [2.45, 2.75) is 46.2 Å². The average Bonchev–Trinajstić information content (AvgIpc) is 3.29. The van der Waals surface area contributed by atoms with Gasteiger partial charge in [-0.1, -0.05) is 25.1 Å². The van der Waals surface area contributed by atoms with E-state index in [1.54, 1.807) is 6.20 Å². The van der Waals surface area contributed by atoms with Crippen LogP contribution in [0.3, 0.4) is 0 Å². The van der Waals surface area contributed by atoms with Crippen molar-refractivity contribution in [2.24, 2.45) is 0 Å². The van der Waals surface area contributed by atoms with Gasteiger partial charge >= 0.3 is 5.97 Å². The summed E-state index contributed by atoms with van der Waals surface area (Å²) in [7, 11) is 0. The number of pyridine rings is 1. The van der Waals surface area contributed by atoms with Gasteiger partial charge in [0.1, 0.15) is 6.54 Å². The molecule has 1 aromatic carbocycles. The first kappa shape index (κ1) is 23.0. The minimum absolute atomic E-state index is 0.0859. The zero-order valence-electron chi connectivity index (χ0n) is 19.5. The van der Waals surface area contributed by atoms with E-state index in [0.29, 0.717) is 11.7 Å². The largest absolute Gasteiger partial charge is 0.465 e. The number of nitrogens with zero attached hydrogens (tertiary/aromatic N) is 3. The molecule has 2 atom stereocenters. The van der Waals surface area contributed by atoms with E-state index >= 15 is 0 Å². The fourth-order valence-corrected chi connectivity index (χ4v) is 4.93. The number of hydrogen-bond acceptors (Lipinski definition) is 4. The minimum Gasteiger partial charge on any atom is -0.465 e. The van der Waals surface area contributed by atoms with Gasteiger partial charge < -0.3 is 19.5 Å². The number of carbonyl (C=O) groups is 1. The van der Waals surface area contributed by atoms with E-state index in [0.717, 1.165) is 34.8 Å². The van der Waals surface area contributed by atoms with Crippen LogP contribution >= 0.6 is 12.2 Å². The molecule has 1 aliphatic rings. The SMILES string of the molecule is CCOC(=O)CN1C(=S)N[C@@H](c2ccccn2)[C@@H]1c1cc(C)n(-c2ccc(CC)cc2)c1C. The number of hydrogen-bond donors (Lipinski definition) is 1. The topological polar surface area (TPSA) is 59.4 Å². The molecular formula is C26H30N4O2S. The summed E-state index contributed by atoms with van der Waals surface area (Å²) in [6, 6.07) is 16.3. The number of thiocarbonyl (C=S) groups is 1. The third kappa shape index (κ3) is 4.50. The van der Waals surface area contributed by atoms with Crippen molar-refractivity contribution < 1.29 is 9.53 Å². The number of carbonyl (C=O) groups excluding carboxylic acids is 1. The van der Waals surface area contributed by atoms with Crippen LogP contribution in [0.15, 0.2) is 54.7 Å². The van der Waals surface area contributed by atoms with Crippen LogP contribution in [-0.4, -0.2) is 38.7 Å². The molecule has 0 bridgehead atoms. The van der Waals surface area contributed by atoms with Crippen LogP contribution in [-0.2, 0) is 16.0 Å². The first-order valence-corrected chi connectivity index (χ1v) is 11.8. The van der Waals surface area contributed by atoms with Crippen LogP contribution in [0.5, 0.6) is 0 Å². The third-order valence-corrected chi connectivity index (χ3v) is 6.55. The molecule has 0 amide bonds. The molecule has 3 heterocycles. The number of aromatic nitrogens is 2. The fourth-order valence-electron chi connectivity index (χ4n) is 4.63. The maximum Gasteiger partial charge on any atom is 0.325 e. The lowest BCUT2D eigenvalue weighted by atomic mass is 9.97. The Bertz CT molecular complexity index is 1140. The van der Waals surface area contributed by atoms with Crippen molar-refractivity contribution in [2.75, 3.05) is 13.2 Å². The van der Waals surface area contributed by atoms with Crippen LogP contribution in [0, 0.1) is 13.8 Å². The van der Waals surface area contributed by atoms with Gasteiger partial charge in [-0.3, -0.25) is 9.78 Å². The Kier molecular flexibility index (Phi) is 6.79. The highest BCUT2D eigenvalue weighted by Gasteiger charge is 2.42. The van der Waals surface area contributed by atoms with E-state index in [-0.39, 0.29) is 24.6 Å². The van der Waals surface area contributed by atoms with Crippen molar-refractivity contribution in [1.82, 2.24) is 19.8 Å². The maximum atomic E-state index is 12.4. The normalized spacial score (nSPS) is 17.8. The Morgan fingerprint density at radius 1 is 1.15 bits per heavy atom. The summed E-state index contributed by atoms with van der Waals surface area (Å²) in [4.78, 5) is 18.9. The van der Waals surface area contributed by atoms with Crippen molar-refractivity contribution in [3.8, 4) is 5.69 Å². The number of rotatable bonds is 7. The standard InChI is InChI=1S/C26H30N4O2S/c1-5-19-10-12-20(13-11-19)30-17(3)15-21(18(30)4)25-24(22-9-7-8-14-27-22)28-26(33)29(25)16-23(31)32-6-2/h7-15,24-25H,5-6,16H2,1-4H3,(H,28,33)/t24-,25-/m0/s1. The monoisotopic (exact) mass is 462 g/mol. The molecule has 0 radical (unpaired) electrons. The lowest BCUT2D eigenvalue weighted by molar-refractivity contribution is -0.143. The van der Waals surface area contributed by atoms with Gasteiger partial charge in [-0.15, -0.1) is 0 Å². The number of nitrogens with one attached hydrogen (secondary N) is 1. The molecule has 0 aliphatic carbocycles. The molecule has 33 heavy (non-hydrogen) atoms.